The van der Waals surface area contributed by atoms with Gasteiger partial charge < -0.3 is 4.74 Å². The zero-order chi connectivity index (χ0) is 15.4. The summed E-state index contributed by atoms with van der Waals surface area (Å²) in [6.45, 7) is 3.09. The molecule has 0 aliphatic rings. The smallest absolute Gasteiger partial charge is 0.0893 e. The largest absolute Gasteiger partial charge is 0.383 e. The maximum absolute atomic E-state index is 6.27. The summed E-state index contributed by atoms with van der Waals surface area (Å²) in [7, 11) is 1.64. The summed E-state index contributed by atoms with van der Waals surface area (Å²) < 4.78 is 6.88. The van der Waals surface area contributed by atoms with E-state index in [9.17, 15) is 0 Å². The van der Waals surface area contributed by atoms with Gasteiger partial charge >= 0.3 is 0 Å². The number of halogens is 2. The minimum atomic E-state index is -0.271. The van der Waals surface area contributed by atoms with Crippen LogP contribution in [0.5, 0.6) is 0 Å². The predicted octanol–water partition coefficient (Wildman–Crippen LogP) is 2.70. The monoisotopic (exact) mass is 328 g/mol. The van der Waals surface area contributed by atoms with Gasteiger partial charge in [0.25, 0.3) is 0 Å². The number of rotatable bonds is 6. The third-order valence-corrected chi connectivity index (χ3v) is 4.01. The second-order valence-corrected chi connectivity index (χ2v) is 5.52. The molecule has 0 aliphatic heterocycles. The van der Waals surface area contributed by atoms with Crippen molar-refractivity contribution < 1.29 is 4.74 Å². The fraction of sp³-hybridized carbons (Fsp3) is 0.357. The van der Waals surface area contributed by atoms with E-state index < -0.39 is 0 Å². The van der Waals surface area contributed by atoms with Crippen molar-refractivity contribution in [1.82, 2.24) is 15.2 Å². The van der Waals surface area contributed by atoms with Crippen molar-refractivity contribution in [2.45, 2.75) is 19.5 Å². The van der Waals surface area contributed by atoms with Crippen LogP contribution in [0.3, 0.4) is 0 Å². The van der Waals surface area contributed by atoms with Crippen molar-refractivity contribution in [2.75, 3.05) is 13.7 Å². The molecule has 7 heteroatoms. The molecular weight excluding hydrogens is 311 g/mol. The topological polar surface area (TPSA) is 65.1 Å². The maximum Gasteiger partial charge on any atom is 0.0893 e. The van der Waals surface area contributed by atoms with E-state index in [4.69, 9.17) is 33.8 Å². The van der Waals surface area contributed by atoms with E-state index in [0.717, 1.165) is 16.8 Å². The molecule has 1 atom stereocenters. The van der Waals surface area contributed by atoms with E-state index in [0.29, 0.717) is 23.2 Å². The van der Waals surface area contributed by atoms with Crippen LogP contribution in [0.4, 0.5) is 0 Å². The highest BCUT2D eigenvalue weighted by Crippen LogP contribution is 2.29. The van der Waals surface area contributed by atoms with Gasteiger partial charge in [-0.2, -0.15) is 5.10 Å². The molecule has 1 aromatic heterocycles. The van der Waals surface area contributed by atoms with Gasteiger partial charge in [-0.05, 0) is 24.1 Å². The highest BCUT2D eigenvalue weighted by molar-refractivity contribution is 6.31. The molecule has 114 valence electrons. The number of methoxy groups -OCH3 is 1. The zero-order valence-corrected chi connectivity index (χ0v) is 13.4. The van der Waals surface area contributed by atoms with Crippen molar-refractivity contribution in [3.05, 3.63) is 51.3 Å². The number of ether oxygens (including phenoxy) is 1. The van der Waals surface area contributed by atoms with Gasteiger partial charge in [0.15, 0.2) is 0 Å². The Kier molecular flexibility index (Phi) is 5.61. The van der Waals surface area contributed by atoms with Crippen LogP contribution in [0.25, 0.3) is 0 Å². The molecule has 0 aliphatic carbocycles. The second kappa shape index (κ2) is 7.24. The molecular formula is C14H18Cl2N4O. The first-order valence-corrected chi connectivity index (χ1v) is 7.26. The lowest BCUT2D eigenvalue weighted by molar-refractivity contribution is 0.182. The summed E-state index contributed by atoms with van der Waals surface area (Å²) in [5, 5.41) is 5.54. The number of hydrogen-bond donors (Lipinski definition) is 2. The van der Waals surface area contributed by atoms with Crippen LogP contribution >= 0.6 is 23.2 Å². The standard InChI is InChI=1S/C14H18Cl2N4O/c1-9-7-10(3-4-11(9)15)13(19-17)14-12(16)8-18-20(14)5-6-21-2/h3-4,7-8,13,19H,5-6,17H2,1-2H3. The van der Waals surface area contributed by atoms with E-state index in [1.807, 2.05) is 25.1 Å². The molecule has 0 saturated carbocycles. The maximum atomic E-state index is 6.27. The van der Waals surface area contributed by atoms with Crippen molar-refractivity contribution in [1.29, 1.82) is 0 Å². The molecule has 0 radical (unpaired) electrons. The van der Waals surface area contributed by atoms with E-state index in [-0.39, 0.29) is 6.04 Å². The Morgan fingerprint density at radius 1 is 1.38 bits per heavy atom. The van der Waals surface area contributed by atoms with E-state index >= 15 is 0 Å². The number of hydrogen-bond acceptors (Lipinski definition) is 4. The first-order chi connectivity index (χ1) is 10.1. The van der Waals surface area contributed by atoms with Gasteiger partial charge in [-0.1, -0.05) is 35.3 Å². The van der Waals surface area contributed by atoms with Gasteiger partial charge in [0.2, 0.25) is 0 Å². The highest BCUT2D eigenvalue weighted by Gasteiger charge is 2.21. The zero-order valence-electron chi connectivity index (χ0n) is 11.9. The SMILES string of the molecule is COCCn1ncc(Cl)c1C(NN)c1ccc(Cl)c(C)c1. The summed E-state index contributed by atoms with van der Waals surface area (Å²) in [6.07, 6.45) is 1.61. The average Bonchev–Trinajstić information content (AvgIpc) is 2.83. The van der Waals surface area contributed by atoms with Gasteiger partial charge in [-0.3, -0.25) is 10.5 Å². The predicted molar refractivity (Wildman–Crippen MR) is 84.5 cm³/mol. The quantitative estimate of drug-likeness (QED) is 0.632. The molecule has 2 rings (SSSR count). The Balaban J connectivity index is 2.40. The first kappa shape index (κ1) is 16.3. The van der Waals surface area contributed by atoms with Crippen LogP contribution < -0.4 is 11.3 Å². The molecule has 0 fully saturated rings. The van der Waals surface area contributed by atoms with E-state index in [1.54, 1.807) is 18.0 Å². The van der Waals surface area contributed by atoms with Gasteiger partial charge in [-0.15, -0.1) is 0 Å². The van der Waals surface area contributed by atoms with Crippen LogP contribution in [0.1, 0.15) is 22.9 Å². The first-order valence-electron chi connectivity index (χ1n) is 6.50. The van der Waals surface area contributed by atoms with Crippen molar-refractivity contribution in [3.63, 3.8) is 0 Å². The number of hydrazine groups is 1. The molecule has 1 aromatic carbocycles. The van der Waals surface area contributed by atoms with Gasteiger partial charge in [0, 0.05) is 12.1 Å². The number of nitrogens with two attached hydrogens (primary N) is 1. The Bertz CT molecular complexity index is 615. The second-order valence-electron chi connectivity index (χ2n) is 4.70. The number of nitrogens with zero attached hydrogens (tertiary/aromatic N) is 2. The molecule has 1 unspecified atom stereocenters. The molecule has 21 heavy (non-hydrogen) atoms. The molecule has 0 bridgehead atoms. The summed E-state index contributed by atoms with van der Waals surface area (Å²) in [5.74, 6) is 5.74. The van der Waals surface area contributed by atoms with Gasteiger partial charge in [-0.25, -0.2) is 5.43 Å². The number of aryl methyl sites for hydroxylation is 1. The number of nitrogens with one attached hydrogen (secondary N) is 1. The molecule has 0 spiro atoms. The Hall–Kier alpha value is -1.11. The third-order valence-electron chi connectivity index (χ3n) is 3.30. The summed E-state index contributed by atoms with van der Waals surface area (Å²) >= 11 is 12.3. The molecule has 0 amide bonds. The lowest BCUT2D eigenvalue weighted by atomic mass is 10.0. The summed E-state index contributed by atoms with van der Waals surface area (Å²) in [4.78, 5) is 0. The Labute approximate surface area is 134 Å². The summed E-state index contributed by atoms with van der Waals surface area (Å²) in [6, 6.07) is 5.48. The van der Waals surface area contributed by atoms with Crippen LogP contribution in [0.2, 0.25) is 10.0 Å². The fourth-order valence-corrected chi connectivity index (χ4v) is 2.56. The average molecular weight is 329 g/mol. The highest BCUT2D eigenvalue weighted by atomic mass is 35.5. The van der Waals surface area contributed by atoms with E-state index in [1.165, 1.54) is 0 Å². The van der Waals surface area contributed by atoms with Gasteiger partial charge in [0.1, 0.15) is 0 Å². The Morgan fingerprint density at radius 3 is 2.76 bits per heavy atom. The Morgan fingerprint density at radius 2 is 2.14 bits per heavy atom. The van der Waals surface area contributed by atoms with Crippen LogP contribution in [-0.2, 0) is 11.3 Å². The lowest BCUT2D eigenvalue weighted by Crippen LogP contribution is -2.31. The lowest BCUT2D eigenvalue weighted by Gasteiger charge is -2.19. The van der Waals surface area contributed by atoms with E-state index in [2.05, 4.69) is 10.5 Å². The van der Waals surface area contributed by atoms with Crippen LogP contribution in [0, 0.1) is 6.92 Å². The molecule has 1 heterocycles. The molecule has 3 N–H and O–H groups in total. The van der Waals surface area contributed by atoms with Crippen molar-refractivity contribution >= 4 is 23.2 Å². The van der Waals surface area contributed by atoms with Crippen molar-refractivity contribution in [2.24, 2.45) is 5.84 Å². The van der Waals surface area contributed by atoms with Gasteiger partial charge in [0.05, 0.1) is 36.1 Å². The molecule has 5 nitrogen and oxygen atoms in total. The normalized spacial score (nSPS) is 12.6. The molecule has 2 aromatic rings. The molecule has 0 saturated heterocycles. The fourth-order valence-electron chi connectivity index (χ4n) is 2.20. The minimum absolute atomic E-state index is 0.271. The number of benzene rings is 1. The van der Waals surface area contributed by atoms with Crippen LogP contribution in [0.15, 0.2) is 24.4 Å². The third kappa shape index (κ3) is 3.56. The number of aromatic nitrogens is 2. The van der Waals surface area contributed by atoms with Crippen LogP contribution in [-0.4, -0.2) is 23.5 Å². The minimum Gasteiger partial charge on any atom is -0.383 e. The van der Waals surface area contributed by atoms with Crippen molar-refractivity contribution in [3.8, 4) is 0 Å². The summed E-state index contributed by atoms with van der Waals surface area (Å²) in [5.41, 5.74) is 5.55.